The van der Waals surface area contributed by atoms with Crippen molar-refractivity contribution >= 4 is 11.9 Å². The van der Waals surface area contributed by atoms with Crippen molar-refractivity contribution < 1.29 is 35.9 Å². The predicted molar refractivity (Wildman–Crippen MR) is 119 cm³/mol. The monoisotopic (exact) mass is 526 g/mol. The van der Waals surface area contributed by atoms with Gasteiger partial charge in [0, 0.05) is 55.6 Å². The minimum absolute atomic E-state index is 0.0778. The predicted octanol–water partition coefficient (Wildman–Crippen LogP) is 4.35. The van der Waals surface area contributed by atoms with E-state index >= 15 is 0 Å². The van der Waals surface area contributed by atoms with Gasteiger partial charge >= 0.3 is 18.4 Å². The molecule has 2 aromatic heterocycles. The Balaban J connectivity index is 1.33. The number of hydrogen-bond acceptors (Lipinski definition) is 6. The Hall–Kier alpha value is -3.81. The SMILES string of the molecule is O=C1NCc2cc(-c3[nH]ncc3CN3CCN(c4ccc(C(F)(F)F)cn4)C(C(F)(F)F)C3)ccc2O1. The number of nitrogens with one attached hydrogen (secondary N) is 2. The maximum absolute atomic E-state index is 14.0. The van der Waals surface area contributed by atoms with Gasteiger partial charge in [-0.2, -0.15) is 31.4 Å². The third kappa shape index (κ3) is 5.19. The summed E-state index contributed by atoms with van der Waals surface area (Å²) in [5.41, 5.74) is 1.73. The van der Waals surface area contributed by atoms with Crippen molar-refractivity contribution in [3.8, 4) is 17.0 Å². The number of H-pyrrole nitrogens is 1. The van der Waals surface area contributed by atoms with E-state index in [1.165, 1.54) is 0 Å². The highest BCUT2D eigenvalue weighted by atomic mass is 19.4. The molecule has 0 radical (unpaired) electrons. The van der Waals surface area contributed by atoms with E-state index in [1.54, 1.807) is 29.3 Å². The first kappa shape index (κ1) is 24.9. The molecule has 1 unspecified atom stereocenters. The summed E-state index contributed by atoms with van der Waals surface area (Å²) >= 11 is 0. The number of alkyl halides is 6. The van der Waals surface area contributed by atoms with Crippen LogP contribution in [-0.4, -0.2) is 58.0 Å². The molecular formula is C23H20F6N6O2. The lowest BCUT2D eigenvalue weighted by atomic mass is 10.0. The quantitative estimate of drug-likeness (QED) is 0.492. The maximum atomic E-state index is 14.0. The largest absolute Gasteiger partial charge is 0.417 e. The summed E-state index contributed by atoms with van der Waals surface area (Å²) in [6, 6.07) is 4.91. The molecule has 2 aliphatic rings. The molecule has 2 aliphatic heterocycles. The normalized spacial score (nSPS) is 18.8. The number of amides is 1. The number of carbonyl (C=O) groups is 1. The molecular weight excluding hydrogens is 506 g/mol. The number of rotatable bonds is 4. The zero-order valence-corrected chi connectivity index (χ0v) is 19.0. The summed E-state index contributed by atoms with van der Waals surface area (Å²) in [7, 11) is 0. The first-order chi connectivity index (χ1) is 17.5. The summed E-state index contributed by atoms with van der Waals surface area (Å²) in [6.07, 6.45) is -7.73. The van der Waals surface area contributed by atoms with Gasteiger partial charge in [0.05, 0.1) is 17.5 Å². The molecule has 3 aromatic rings. The minimum Gasteiger partial charge on any atom is -0.410 e. The first-order valence-corrected chi connectivity index (χ1v) is 11.2. The first-order valence-electron chi connectivity index (χ1n) is 11.2. The van der Waals surface area contributed by atoms with Crippen LogP contribution in [0.4, 0.5) is 37.0 Å². The number of fused-ring (bicyclic) bond motifs is 1. The van der Waals surface area contributed by atoms with Crippen molar-refractivity contribution in [2.75, 3.05) is 24.5 Å². The molecule has 0 bridgehead atoms. The van der Waals surface area contributed by atoms with Gasteiger partial charge in [-0.25, -0.2) is 9.78 Å². The van der Waals surface area contributed by atoms with Gasteiger partial charge in [0.15, 0.2) is 0 Å². The van der Waals surface area contributed by atoms with Gasteiger partial charge in [0.1, 0.15) is 17.6 Å². The summed E-state index contributed by atoms with van der Waals surface area (Å²) in [5.74, 6) is 0.261. The van der Waals surface area contributed by atoms with E-state index in [0.29, 0.717) is 23.2 Å². The highest BCUT2D eigenvalue weighted by Gasteiger charge is 2.47. The number of hydrogen-bond donors (Lipinski definition) is 2. The van der Waals surface area contributed by atoms with Crippen molar-refractivity contribution in [1.82, 2.24) is 25.4 Å². The van der Waals surface area contributed by atoms with Crippen molar-refractivity contribution in [1.29, 1.82) is 0 Å². The molecule has 2 N–H and O–H groups in total. The highest BCUT2D eigenvalue weighted by molar-refractivity contribution is 5.74. The molecule has 0 saturated carbocycles. The lowest BCUT2D eigenvalue weighted by Gasteiger charge is -2.42. The van der Waals surface area contributed by atoms with Gasteiger partial charge in [-0.15, -0.1) is 0 Å². The number of aromatic amines is 1. The zero-order valence-electron chi connectivity index (χ0n) is 19.0. The zero-order chi connectivity index (χ0) is 26.4. The molecule has 8 nitrogen and oxygen atoms in total. The second kappa shape index (κ2) is 9.25. The Morgan fingerprint density at radius 3 is 2.57 bits per heavy atom. The molecule has 1 aromatic carbocycles. The van der Waals surface area contributed by atoms with Gasteiger partial charge in [0.25, 0.3) is 0 Å². The molecule has 1 atom stereocenters. The second-order valence-corrected chi connectivity index (χ2v) is 8.72. The molecule has 37 heavy (non-hydrogen) atoms. The molecule has 5 rings (SSSR count). The number of benzene rings is 1. The lowest BCUT2D eigenvalue weighted by molar-refractivity contribution is -0.157. The van der Waals surface area contributed by atoms with Gasteiger partial charge in [0.2, 0.25) is 0 Å². The van der Waals surface area contributed by atoms with E-state index in [9.17, 15) is 31.1 Å². The van der Waals surface area contributed by atoms with Crippen LogP contribution in [-0.2, 0) is 19.3 Å². The smallest absolute Gasteiger partial charge is 0.410 e. The minimum atomic E-state index is -4.63. The van der Waals surface area contributed by atoms with Crippen molar-refractivity contribution in [3.63, 3.8) is 0 Å². The Labute approximate surface area is 206 Å². The van der Waals surface area contributed by atoms with Gasteiger partial charge in [-0.1, -0.05) is 0 Å². The number of pyridine rings is 1. The van der Waals surface area contributed by atoms with E-state index in [4.69, 9.17) is 4.74 Å². The number of carbonyl (C=O) groups excluding carboxylic acids is 1. The molecule has 196 valence electrons. The fourth-order valence-electron chi connectivity index (χ4n) is 4.46. The highest BCUT2D eigenvalue weighted by Crippen LogP contribution is 2.35. The van der Waals surface area contributed by atoms with E-state index in [0.717, 1.165) is 28.2 Å². The summed E-state index contributed by atoms with van der Waals surface area (Å²) < 4.78 is 85.6. The fraction of sp³-hybridized carbons (Fsp3) is 0.348. The molecule has 0 spiro atoms. The Kier molecular flexibility index (Phi) is 6.22. The van der Waals surface area contributed by atoms with Crippen LogP contribution >= 0.6 is 0 Å². The number of anilines is 1. The van der Waals surface area contributed by atoms with Gasteiger partial charge < -0.3 is 15.0 Å². The summed E-state index contributed by atoms with van der Waals surface area (Å²) in [4.78, 5) is 17.7. The van der Waals surface area contributed by atoms with Crippen LogP contribution in [0.25, 0.3) is 11.3 Å². The second-order valence-electron chi connectivity index (χ2n) is 8.72. The average Bonchev–Trinajstić information content (AvgIpc) is 3.31. The third-order valence-electron chi connectivity index (χ3n) is 6.30. The standard InChI is InChI=1S/C23H20F6N6O2/c24-22(25,26)16-2-4-19(30-10-16)35-6-5-34(12-18(35)23(27,28)29)11-15-9-32-33-20(15)13-1-3-17-14(7-13)8-31-21(36)37-17/h1-4,7,9-10,18H,5-6,8,11-12H2,(H,31,36)(H,32,33). The fourth-order valence-corrected chi connectivity index (χ4v) is 4.46. The van der Waals surface area contributed by atoms with Gasteiger partial charge in [-0.05, 0) is 30.3 Å². The number of nitrogens with zero attached hydrogens (tertiary/aromatic N) is 4. The molecule has 1 fully saturated rings. The van der Waals surface area contributed by atoms with Crippen LogP contribution in [0.3, 0.4) is 0 Å². The van der Waals surface area contributed by atoms with E-state index in [1.807, 2.05) is 0 Å². The van der Waals surface area contributed by atoms with Crippen LogP contribution < -0.4 is 15.0 Å². The average molecular weight is 526 g/mol. The maximum Gasteiger partial charge on any atom is 0.417 e. The molecule has 1 saturated heterocycles. The van der Waals surface area contributed by atoms with Crippen molar-refractivity contribution in [3.05, 3.63) is 59.4 Å². The Morgan fingerprint density at radius 1 is 1.05 bits per heavy atom. The topological polar surface area (TPSA) is 86.4 Å². The van der Waals surface area contributed by atoms with E-state index < -0.39 is 36.6 Å². The Bertz CT molecular complexity index is 1290. The summed E-state index contributed by atoms with van der Waals surface area (Å²) in [6.45, 7) is 0.187. The van der Waals surface area contributed by atoms with Crippen molar-refractivity contribution in [2.24, 2.45) is 0 Å². The Morgan fingerprint density at radius 2 is 1.86 bits per heavy atom. The number of halogens is 6. The molecule has 0 aliphatic carbocycles. The summed E-state index contributed by atoms with van der Waals surface area (Å²) in [5, 5.41) is 9.51. The number of piperazine rings is 1. The number of ether oxygens (including phenoxy) is 1. The van der Waals surface area contributed by atoms with Crippen LogP contribution in [0.2, 0.25) is 0 Å². The third-order valence-corrected chi connectivity index (χ3v) is 6.30. The van der Waals surface area contributed by atoms with Crippen LogP contribution in [0.1, 0.15) is 16.7 Å². The molecule has 1 amide bonds. The van der Waals surface area contributed by atoms with Crippen LogP contribution in [0.15, 0.2) is 42.7 Å². The molecule has 14 heteroatoms. The lowest BCUT2D eigenvalue weighted by Crippen LogP contribution is -2.59. The van der Waals surface area contributed by atoms with Crippen LogP contribution in [0.5, 0.6) is 5.75 Å². The van der Waals surface area contributed by atoms with Crippen molar-refractivity contribution in [2.45, 2.75) is 31.5 Å². The molecule has 4 heterocycles. The number of aromatic nitrogens is 3. The van der Waals surface area contributed by atoms with Crippen LogP contribution in [0, 0.1) is 0 Å². The van der Waals surface area contributed by atoms with E-state index in [2.05, 4.69) is 20.5 Å². The van der Waals surface area contributed by atoms with Gasteiger partial charge in [-0.3, -0.25) is 10.00 Å². The van der Waals surface area contributed by atoms with E-state index in [-0.39, 0.29) is 32.0 Å².